The normalized spacial score (nSPS) is 10.6. The lowest BCUT2D eigenvalue weighted by Gasteiger charge is -2.08. The number of nitrogens with zero attached hydrogens (tertiary/aromatic N) is 4. The third-order valence-corrected chi connectivity index (χ3v) is 4.43. The first-order valence-electron chi connectivity index (χ1n) is 7.90. The Morgan fingerprint density at radius 2 is 1.84 bits per heavy atom. The molecule has 0 bridgehead atoms. The SMILES string of the molecule is Cc1cc(C)cc(NC(=O)CSCc2nnnn2-c2ccccc2)c1. The predicted octanol–water partition coefficient (Wildman–Crippen LogP) is 3.15. The molecule has 0 aliphatic rings. The smallest absolute Gasteiger partial charge is 0.234 e. The van der Waals surface area contributed by atoms with E-state index in [-0.39, 0.29) is 5.91 Å². The van der Waals surface area contributed by atoms with Gasteiger partial charge < -0.3 is 5.32 Å². The maximum absolute atomic E-state index is 12.1. The highest BCUT2D eigenvalue weighted by atomic mass is 32.2. The summed E-state index contributed by atoms with van der Waals surface area (Å²) >= 11 is 1.48. The summed E-state index contributed by atoms with van der Waals surface area (Å²) in [4.78, 5) is 12.1. The molecule has 3 rings (SSSR count). The van der Waals surface area contributed by atoms with Crippen LogP contribution < -0.4 is 5.32 Å². The first-order valence-corrected chi connectivity index (χ1v) is 9.06. The van der Waals surface area contributed by atoms with E-state index in [1.807, 2.05) is 56.3 Å². The van der Waals surface area contributed by atoms with Crippen molar-refractivity contribution in [2.45, 2.75) is 19.6 Å². The van der Waals surface area contributed by atoms with Crippen LogP contribution in [0.15, 0.2) is 48.5 Å². The van der Waals surface area contributed by atoms with E-state index in [0.29, 0.717) is 11.5 Å². The van der Waals surface area contributed by atoms with Crippen LogP contribution in [0.4, 0.5) is 5.69 Å². The molecule has 0 saturated heterocycles. The van der Waals surface area contributed by atoms with Crippen molar-refractivity contribution < 1.29 is 4.79 Å². The molecule has 1 N–H and O–H groups in total. The molecule has 0 radical (unpaired) electrons. The second-order valence-corrected chi connectivity index (χ2v) is 6.75. The maximum Gasteiger partial charge on any atom is 0.234 e. The van der Waals surface area contributed by atoms with Crippen LogP contribution in [-0.2, 0) is 10.5 Å². The van der Waals surface area contributed by atoms with Crippen LogP contribution in [0.2, 0.25) is 0 Å². The Kier molecular flexibility index (Phi) is 5.45. The van der Waals surface area contributed by atoms with E-state index in [4.69, 9.17) is 0 Å². The number of benzene rings is 2. The molecule has 1 heterocycles. The molecule has 0 aliphatic carbocycles. The molecule has 0 fully saturated rings. The average molecular weight is 353 g/mol. The van der Waals surface area contributed by atoms with Gasteiger partial charge in [0.1, 0.15) is 0 Å². The summed E-state index contributed by atoms with van der Waals surface area (Å²) in [6.45, 7) is 4.03. The summed E-state index contributed by atoms with van der Waals surface area (Å²) in [5.41, 5.74) is 4.00. The van der Waals surface area contributed by atoms with Crippen molar-refractivity contribution in [3.63, 3.8) is 0 Å². The van der Waals surface area contributed by atoms with E-state index in [0.717, 1.165) is 28.3 Å². The topological polar surface area (TPSA) is 72.7 Å². The van der Waals surface area contributed by atoms with Crippen LogP contribution in [0.5, 0.6) is 0 Å². The Labute approximate surface area is 150 Å². The quantitative estimate of drug-likeness (QED) is 0.737. The predicted molar refractivity (Wildman–Crippen MR) is 99.9 cm³/mol. The second-order valence-electron chi connectivity index (χ2n) is 5.76. The number of tetrazole rings is 1. The molecular weight excluding hydrogens is 334 g/mol. The Morgan fingerprint density at radius 1 is 1.12 bits per heavy atom. The van der Waals surface area contributed by atoms with Gasteiger partial charge in [-0.3, -0.25) is 4.79 Å². The zero-order valence-electron chi connectivity index (χ0n) is 14.1. The van der Waals surface area contributed by atoms with E-state index in [9.17, 15) is 4.79 Å². The first kappa shape index (κ1) is 17.2. The monoisotopic (exact) mass is 353 g/mol. The number of rotatable bonds is 6. The first-order chi connectivity index (χ1) is 12.1. The lowest BCUT2D eigenvalue weighted by Crippen LogP contribution is -2.14. The Hall–Kier alpha value is -2.67. The van der Waals surface area contributed by atoms with E-state index in [1.165, 1.54) is 11.8 Å². The summed E-state index contributed by atoms with van der Waals surface area (Å²) in [6, 6.07) is 15.7. The molecule has 6 nitrogen and oxygen atoms in total. The molecule has 25 heavy (non-hydrogen) atoms. The number of amides is 1. The van der Waals surface area contributed by atoms with Crippen molar-refractivity contribution in [2.75, 3.05) is 11.1 Å². The average Bonchev–Trinajstić information content (AvgIpc) is 3.03. The van der Waals surface area contributed by atoms with Crippen LogP contribution in [0.1, 0.15) is 17.0 Å². The van der Waals surface area contributed by atoms with Gasteiger partial charge >= 0.3 is 0 Å². The number of thioether (sulfide) groups is 1. The highest BCUT2D eigenvalue weighted by molar-refractivity contribution is 7.99. The van der Waals surface area contributed by atoms with Gasteiger partial charge in [0.2, 0.25) is 5.91 Å². The molecule has 7 heteroatoms. The summed E-state index contributed by atoms with van der Waals surface area (Å²) < 4.78 is 1.69. The van der Waals surface area contributed by atoms with Crippen LogP contribution >= 0.6 is 11.8 Å². The summed E-state index contributed by atoms with van der Waals surface area (Å²) in [7, 11) is 0. The minimum atomic E-state index is -0.0336. The van der Waals surface area contributed by atoms with Crippen LogP contribution in [0, 0.1) is 13.8 Å². The minimum absolute atomic E-state index is 0.0336. The Balaban J connectivity index is 1.55. The molecule has 1 amide bonds. The number of aromatic nitrogens is 4. The fourth-order valence-corrected chi connectivity index (χ4v) is 3.27. The largest absolute Gasteiger partial charge is 0.325 e. The zero-order valence-corrected chi connectivity index (χ0v) is 15.0. The molecule has 0 saturated carbocycles. The summed E-state index contributed by atoms with van der Waals surface area (Å²) in [5, 5.41) is 14.7. The van der Waals surface area contributed by atoms with E-state index >= 15 is 0 Å². The number of hydrogen-bond acceptors (Lipinski definition) is 5. The van der Waals surface area contributed by atoms with Crippen LogP contribution in [0.25, 0.3) is 5.69 Å². The van der Waals surface area contributed by atoms with E-state index in [2.05, 4.69) is 26.9 Å². The van der Waals surface area contributed by atoms with Gasteiger partial charge in [-0.1, -0.05) is 24.3 Å². The Morgan fingerprint density at radius 3 is 2.56 bits per heavy atom. The molecule has 1 aromatic heterocycles. The maximum atomic E-state index is 12.1. The molecule has 128 valence electrons. The van der Waals surface area contributed by atoms with Crippen molar-refractivity contribution >= 4 is 23.4 Å². The summed E-state index contributed by atoms with van der Waals surface area (Å²) in [6.07, 6.45) is 0. The number of para-hydroxylation sites is 1. The molecule has 0 atom stereocenters. The van der Waals surface area contributed by atoms with Gasteiger partial charge in [0.15, 0.2) is 5.82 Å². The number of aryl methyl sites for hydroxylation is 2. The van der Waals surface area contributed by atoms with Crippen LogP contribution in [-0.4, -0.2) is 31.9 Å². The van der Waals surface area contributed by atoms with Crippen LogP contribution in [0.3, 0.4) is 0 Å². The summed E-state index contributed by atoms with van der Waals surface area (Å²) in [5.74, 6) is 1.58. The lowest BCUT2D eigenvalue weighted by molar-refractivity contribution is -0.113. The fraction of sp³-hybridized carbons (Fsp3) is 0.222. The van der Waals surface area contributed by atoms with Gasteiger partial charge in [-0.15, -0.1) is 16.9 Å². The fourth-order valence-electron chi connectivity index (χ4n) is 2.54. The number of hydrogen-bond donors (Lipinski definition) is 1. The zero-order chi connectivity index (χ0) is 17.6. The van der Waals surface area contributed by atoms with Crippen molar-refractivity contribution in [3.8, 4) is 5.69 Å². The molecular formula is C18H19N5OS. The van der Waals surface area contributed by atoms with Gasteiger partial charge in [0.05, 0.1) is 17.2 Å². The number of carbonyl (C=O) groups is 1. The van der Waals surface area contributed by atoms with Crippen molar-refractivity contribution in [2.24, 2.45) is 0 Å². The van der Waals surface area contributed by atoms with Gasteiger partial charge in [0.25, 0.3) is 0 Å². The van der Waals surface area contributed by atoms with E-state index in [1.54, 1.807) is 4.68 Å². The molecule has 0 spiro atoms. The van der Waals surface area contributed by atoms with Gasteiger partial charge in [0, 0.05) is 5.69 Å². The van der Waals surface area contributed by atoms with E-state index < -0.39 is 0 Å². The molecule has 0 aliphatic heterocycles. The highest BCUT2D eigenvalue weighted by Gasteiger charge is 2.10. The highest BCUT2D eigenvalue weighted by Crippen LogP contribution is 2.16. The minimum Gasteiger partial charge on any atom is -0.325 e. The number of carbonyl (C=O) groups excluding carboxylic acids is 1. The Bertz CT molecular complexity index is 843. The molecule has 0 unspecified atom stereocenters. The van der Waals surface area contributed by atoms with Gasteiger partial charge in [-0.05, 0) is 59.7 Å². The van der Waals surface area contributed by atoms with Gasteiger partial charge in [-0.25, -0.2) is 0 Å². The number of anilines is 1. The standard InChI is InChI=1S/C18H19N5OS/c1-13-8-14(2)10-15(9-13)19-18(24)12-25-11-17-20-21-22-23(17)16-6-4-3-5-7-16/h3-10H,11-12H2,1-2H3,(H,19,24). The third kappa shape index (κ3) is 4.67. The lowest BCUT2D eigenvalue weighted by atomic mass is 10.1. The van der Waals surface area contributed by atoms with Gasteiger partial charge in [-0.2, -0.15) is 4.68 Å². The second kappa shape index (κ2) is 7.94. The van der Waals surface area contributed by atoms with Crippen molar-refractivity contribution in [3.05, 3.63) is 65.5 Å². The molecule has 2 aromatic carbocycles. The molecule has 3 aromatic rings. The van der Waals surface area contributed by atoms with Crippen molar-refractivity contribution in [1.82, 2.24) is 20.2 Å². The van der Waals surface area contributed by atoms with Crippen molar-refractivity contribution in [1.29, 1.82) is 0 Å². The number of nitrogens with one attached hydrogen (secondary N) is 1. The third-order valence-electron chi connectivity index (χ3n) is 3.50.